The van der Waals surface area contributed by atoms with Gasteiger partial charge in [-0.25, -0.2) is 8.42 Å². The van der Waals surface area contributed by atoms with E-state index in [0.29, 0.717) is 42.9 Å². The minimum Gasteiger partial charge on any atom is -0.299 e. The second-order valence-corrected chi connectivity index (χ2v) is 9.50. The molecule has 1 saturated heterocycles. The molecule has 0 N–H and O–H groups in total. The lowest BCUT2D eigenvalue weighted by Crippen LogP contribution is -2.45. The molecule has 0 atom stereocenters. The summed E-state index contributed by atoms with van der Waals surface area (Å²) in [6.07, 6.45) is -3.08. The molecule has 1 fully saturated rings. The van der Waals surface area contributed by atoms with Crippen molar-refractivity contribution in [3.05, 3.63) is 65.2 Å². The molecule has 0 unspecified atom stereocenters. The summed E-state index contributed by atoms with van der Waals surface area (Å²) in [4.78, 5) is 2.31. The average molecular weight is 427 g/mol. The lowest BCUT2D eigenvalue weighted by Gasteiger charge is -2.36. The Balaban J connectivity index is 1.62. The summed E-state index contributed by atoms with van der Waals surface area (Å²) < 4.78 is 65.9. The van der Waals surface area contributed by atoms with Crippen LogP contribution in [-0.2, 0) is 22.7 Å². The van der Waals surface area contributed by atoms with Crippen molar-refractivity contribution < 1.29 is 21.6 Å². The average Bonchev–Trinajstić information content (AvgIpc) is 2.67. The van der Waals surface area contributed by atoms with Gasteiger partial charge in [0.05, 0.1) is 10.5 Å². The Kier molecular flexibility index (Phi) is 6.36. The molecular formula is C21H25F3N2O2S. The van der Waals surface area contributed by atoms with E-state index in [2.05, 4.69) is 0 Å². The predicted octanol–water partition coefficient (Wildman–Crippen LogP) is 4.30. The molecule has 2 aromatic rings. The van der Waals surface area contributed by atoms with Crippen molar-refractivity contribution in [2.45, 2.75) is 43.4 Å². The second-order valence-electron chi connectivity index (χ2n) is 7.57. The van der Waals surface area contributed by atoms with Gasteiger partial charge in [0.15, 0.2) is 0 Å². The molecule has 1 aliphatic heterocycles. The first-order valence-corrected chi connectivity index (χ1v) is 10.9. The number of hydrogen-bond acceptors (Lipinski definition) is 3. The number of rotatable bonds is 5. The van der Waals surface area contributed by atoms with Crippen molar-refractivity contribution in [1.29, 1.82) is 0 Å². The Morgan fingerprint density at radius 3 is 2.34 bits per heavy atom. The standard InChI is InChI=1S/C21H25F3N2O2S/c1-16-5-3-8-20(13-16)29(27,28)26-11-9-19(10-12-26)25(2)15-17-6-4-7-18(14-17)21(22,23)24/h3-8,13-14,19H,9-12,15H2,1-2H3. The molecule has 0 aromatic heterocycles. The van der Waals surface area contributed by atoms with Gasteiger partial charge in [-0.1, -0.05) is 30.3 Å². The molecule has 2 aromatic carbocycles. The number of benzene rings is 2. The molecule has 1 aliphatic rings. The number of sulfonamides is 1. The molecular weight excluding hydrogens is 401 g/mol. The molecule has 4 nitrogen and oxygen atoms in total. The normalized spacial score (nSPS) is 17.0. The van der Waals surface area contributed by atoms with Crippen LogP contribution in [0.3, 0.4) is 0 Å². The largest absolute Gasteiger partial charge is 0.416 e. The first-order chi connectivity index (χ1) is 13.6. The lowest BCUT2D eigenvalue weighted by atomic mass is 10.0. The summed E-state index contributed by atoms with van der Waals surface area (Å²) in [5, 5.41) is 0. The van der Waals surface area contributed by atoms with E-state index in [4.69, 9.17) is 0 Å². The van der Waals surface area contributed by atoms with E-state index in [0.717, 1.165) is 11.6 Å². The van der Waals surface area contributed by atoms with Crippen LogP contribution in [-0.4, -0.2) is 43.8 Å². The highest BCUT2D eigenvalue weighted by Gasteiger charge is 2.32. The Morgan fingerprint density at radius 1 is 1.07 bits per heavy atom. The zero-order chi connectivity index (χ0) is 21.2. The third kappa shape index (κ3) is 5.18. The van der Waals surface area contributed by atoms with Gasteiger partial charge in [0.25, 0.3) is 0 Å². The van der Waals surface area contributed by atoms with E-state index in [-0.39, 0.29) is 6.04 Å². The third-order valence-corrected chi connectivity index (χ3v) is 7.26. The van der Waals surface area contributed by atoms with Crippen LogP contribution < -0.4 is 0 Å². The van der Waals surface area contributed by atoms with Gasteiger partial charge in [-0.2, -0.15) is 17.5 Å². The van der Waals surface area contributed by atoms with Gasteiger partial charge < -0.3 is 0 Å². The monoisotopic (exact) mass is 426 g/mol. The summed E-state index contributed by atoms with van der Waals surface area (Å²) in [7, 11) is -1.65. The lowest BCUT2D eigenvalue weighted by molar-refractivity contribution is -0.137. The van der Waals surface area contributed by atoms with Crippen molar-refractivity contribution >= 4 is 10.0 Å². The maximum Gasteiger partial charge on any atom is 0.416 e. The number of piperidine rings is 1. The summed E-state index contributed by atoms with van der Waals surface area (Å²) in [6, 6.07) is 12.3. The predicted molar refractivity (Wildman–Crippen MR) is 106 cm³/mol. The quantitative estimate of drug-likeness (QED) is 0.716. The topological polar surface area (TPSA) is 40.6 Å². The van der Waals surface area contributed by atoms with E-state index in [1.165, 1.54) is 16.4 Å². The number of hydrogen-bond donors (Lipinski definition) is 0. The van der Waals surface area contributed by atoms with Crippen molar-refractivity contribution in [3.8, 4) is 0 Å². The van der Waals surface area contributed by atoms with E-state index in [9.17, 15) is 21.6 Å². The van der Waals surface area contributed by atoms with Crippen molar-refractivity contribution in [2.75, 3.05) is 20.1 Å². The SMILES string of the molecule is Cc1cccc(S(=O)(=O)N2CCC(N(C)Cc3cccc(C(F)(F)F)c3)CC2)c1. The summed E-state index contributed by atoms with van der Waals surface area (Å²) in [5.74, 6) is 0. The van der Waals surface area contributed by atoms with Gasteiger partial charge in [-0.3, -0.25) is 4.90 Å². The molecule has 0 saturated carbocycles. The maximum atomic E-state index is 12.9. The maximum absolute atomic E-state index is 12.9. The Labute approximate surface area is 170 Å². The fraction of sp³-hybridized carbons (Fsp3) is 0.429. The van der Waals surface area contributed by atoms with Crippen molar-refractivity contribution in [2.24, 2.45) is 0 Å². The Bertz CT molecular complexity index is 952. The molecule has 3 rings (SSSR count). The number of alkyl halides is 3. The molecule has 0 aliphatic carbocycles. The fourth-order valence-corrected chi connectivity index (χ4v) is 5.29. The zero-order valence-corrected chi connectivity index (χ0v) is 17.3. The van der Waals surface area contributed by atoms with Crippen molar-refractivity contribution in [3.63, 3.8) is 0 Å². The smallest absolute Gasteiger partial charge is 0.299 e. The molecule has 0 amide bonds. The molecule has 0 bridgehead atoms. The minimum absolute atomic E-state index is 0.119. The van der Waals surface area contributed by atoms with Gasteiger partial charge in [0.1, 0.15) is 0 Å². The first kappa shape index (κ1) is 21.8. The number of aryl methyl sites for hydroxylation is 1. The Hall–Kier alpha value is -1.90. The van der Waals surface area contributed by atoms with Crippen LogP contribution in [0, 0.1) is 6.92 Å². The van der Waals surface area contributed by atoms with Gasteiger partial charge >= 0.3 is 6.18 Å². The minimum atomic E-state index is -4.36. The second kappa shape index (κ2) is 8.45. The van der Waals surface area contributed by atoms with E-state index in [1.807, 2.05) is 24.9 Å². The van der Waals surface area contributed by atoms with Gasteiger partial charge in [-0.05, 0) is 56.1 Å². The van der Waals surface area contributed by atoms with E-state index in [1.54, 1.807) is 24.3 Å². The van der Waals surface area contributed by atoms with Crippen LogP contribution in [0.15, 0.2) is 53.4 Å². The summed E-state index contributed by atoms with van der Waals surface area (Å²) in [6.45, 7) is 3.04. The highest BCUT2D eigenvalue weighted by molar-refractivity contribution is 7.89. The highest BCUT2D eigenvalue weighted by Crippen LogP contribution is 2.30. The molecule has 8 heteroatoms. The molecule has 0 spiro atoms. The van der Waals surface area contributed by atoms with Crippen LogP contribution in [0.2, 0.25) is 0 Å². The number of halogens is 3. The van der Waals surface area contributed by atoms with Crippen LogP contribution in [0.4, 0.5) is 13.2 Å². The van der Waals surface area contributed by atoms with E-state index < -0.39 is 21.8 Å². The molecule has 1 heterocycles. The van der Waals surface area contributed by atoms with Crippen molar-refractivity contribution in [1.82, 2.24) is 9.21 Å². The summed E-state index contributed by atoms with van der Waals surface area (Å²) in [5.41, 5.74) is 0.835. The highest BCUT2D eigenvalue weighted by atomic mass is 32.2. The number of nitrogens with zero attached hydrogens (tertiary/aromatic N) is 2. The van der Waals surface area contributed by atoms with Crippen LogP contribution in [0.1, 0.15) is 29.5 Å². The van der Waals surface area contributed by atoms with Crippen LogP contribution in [0.5, 0.6) is 0 Å². The molecule has 0 radical (unpaired) electrons. The Morgan fingerprint density at radius 2 is 1.72 bits per heavy atom. The van der Waals surface area contributed by atoms with Crippen LogP contribution >= 0.6 is 0 Å². The van der Waals surface area contributed by atoms with Gasteiger partial charge in [-0.15, -0.1) is 0 Å². The fourth-order valence-electron chi connectivity index (χ4n) is 3.71. The van der Waals surface area contributed by atoms with Gasteiger partial charge in [0, 0.05) is 25.7 Å². The zero-order valence-electron chi connectivity index (χ0n) is 16.5. The molecule has 158 valence electrons. The van der Waals surface area contributed by atoms with Crippen LogP contribution in [0.25, 0.3) is 0 Å². The van der Waals surface area contributed by atoms with Gasteiger partial charge in [0.2, 0.25) is 10.0 Å². The van der Waals surface area contributed by atoms with E-state index >= 15 is 0 Å². The third-order valence-electron chi connectivity index (χ3n) is 5.36. The first-order valence-electron chi connectivity index (χ1n) is 9.50. The molecule has 29 heavy (non-hydrogen) atoms. The summed E-state index contributed by atoms with van der Waals surface area (Å²) >= 11 is 0.